The van der Waals surface area contributed by atoms with Gasteiger partial charge in [-0.15, -0.1) is 0 Å². The van der Waals surface area contributed by atoms with E-state index in [1.165, 1.54) is 5.56 Å². The van der Waals surface area contributed by atoms with E-state index >= 15 is 0 Å². The normalized spacial score (nSPS) is 26.4. The molecule has 0 amide bonds. The quantitative estimate of drug-likeness (QED) is 0.902. The van der Waals surface area contributed by atoms with Crippen LogP contribution in [0.15, 0.2) is 16.6 Å². The lowest BCUT2D eigenvalue weighted by atomic mass is 9.88. The van der Waals surface area contributed by atoms with Crippen molar-refractivity contribution in [2.75, 3.05) is 26.9 Å². The van der Waals surface area contributed by atoms with E-state index in [-0.39, 0.29) is 12.1 Å². The smallest absolute Gasteiger partial charge is 0.162 e. The Balaban J connectivity index is 1.94. The van der Waals surface area contributed by atoms with E-state index in [4.69, 9.17) is 14.2 Å². The van der Waals surface area contributed by atoms with E-state index in [0.717, 1.165) is 35.4 Å². The number of hydrogen-bond acceptors (Lipinski definition) is 4. The first-order valence-corrected chi connectivity index (χ1v) is 8.38. The molecule has 3 atom stereocenters. The highest BCUT2D eigenvalue weighted by atomic mass is 79.9. The molecule has 1 aromatic carbocycles. The zero-order valence-electron chi connectivity index (χ0n) is 12.5. The van der Waals surface area contributed by atoms with E-state index in [0.29, 0.717) is 19.1 Å². The van der Waals surface area contributed by atoms with Gasteiger partial charge in [0.15, 0.2) is 11.5 Å². The van der Waals surface area contributed by atoms with Crippen LogP contribution in [0.25, 0.3) is 0 Å². The van der Waals surface area contributed by atoms with Crippen LogP contribution >= 0.6 is 15.9 Å². The lowest BCUT2D eigenvalue weighted by molar-refractivity contribution is 0.0962. The molecule has 1 fully saturated rings. The lowest BCUT2D eigenvalue weighted by Gasteiger charge is -2.27. The summed E-state index contributed by atoms with van der Waals surface area (Å²) in [4.78, 5) is 0. The summed E-state index contributed by atoms with van der Waals surface area (Å²) < 4.78 is 18.4. The van der Waals surface area contributed by atoms with E-state index in [1.54, 1.807) is 0 Å². The molecule has 116 valence electrons. The van der Waals surface area contributed by atoms with Gasteiger partial charge < -0.3 is 19.5 Å². The van der Waals surface area contributed by atoms with Gasteiger partial charge in [0.1, 0.15) is 0 Å². The second-order valence-electron chi connectivity index (χ2n) is 5.67. The Bertz CT molecular complexity index is 509. The van der Waals surface area contributed by atoms with E-state index < -0.39 is 0 Å². The molecule has 0 bridgehead atoms. The Hall–Kier alpha value is -0.780. The average molecular weight is 356 g/mol. The van der Waals surface area contributed by atoms with Gasteiger partial charge in [-0.05, 0) is 38.1 Å². The highest BCUT2D eigenvalue weighted by molar-refractivity contribution is 9.10. The second-order valence-corrected chi connectivity index (χ2v) is 6.52. The third-order valence-electron chi connectivity index (χ3n) is 4.38. The van der Waals surface area contributed by atoms with E-state index in [9.17, 15) is 0 Å². The van der Waals surface area contributed by atoms with Crippen molar-refractivity contribution in [2.24, 2.45) is 5.92 Å². The van der Waals surface area contributed by atoms with Crippen LogP contribution in [0.3, 0.4) is 0 Å². The second kappa shape index (κ2) is 6.55. The molecule has 4 nitrogen and oxygen atoms in total. The van der Waals surface area contributed by atoms with Crippen molar-refractivity contribution >= 4 is 15.9 Å². The molecular weight excluding hydrogens is 334 g/mol. The Morgan fingerprint density at radius 3 is 2.52 bits per heavy atom. The van der Waals surface area contributed by atoms with Gasteiger partial charge in [-0.3, -0.25) is 0 Å². The largest absolute Gasteiger partial charge is 0.490 e. The zero-order valence-corrected chi connectivity index (χ0v) is 14.1. The van der Waals surface area contributed by atoms with Gasteiger partial charge >= 0.3 is 0 Å². The lowest BCUT2D eigenvalue weighted by Crippen LogP contribution is -2.29. The molecule has 3 unspecified atom stereocenters. The summed E-state index contributed by atoms with van der Waals surface area (Å²) >= 11 is 3.69. The SMILES string of the molecule is CNC(c1cc2c(cc1Br)OCCCO2)C1CCOC1C. The predicted octanol–water partition coefficient (Wildman–Crippen LogP) is 3.30. The maximum absolute atomic E-state index is 5.82. The third-order valence-corrected chi connectivity index (χ3v) is 5.06. The van der Waals surface area contributed by atoms with Gasteiger partial charge in [-0.2, -0.15) is 0 Å². The molecule has 0 saturated carbocycles. The summed E-state index contributed by atoms with van der Waals surface area (Å²) in [6.07, 6.45) is 2.27. The van der Waals surface area contributed by atoms with Crippen LogP contribution in [0.5, 0.6) is 11.5 Å². The van der Waals surface area contributed by atoms with Gasteiger partial charge in [0, 0.05) is 29.5 Å². The van der Waals surface area contributed by atoms with Crippen LogP contribution in [-0.4, -0.2) is 33.0 Å². The van der Waals surface area contributed by atoms with Crippen molar-refractivity contribution in [1.29, 1.82) is 0 Å². The van der Waals surface area contributed by atoms with Crippen LogP contribution in [-0.2, 0) is 4.74 Å². The summed E-state index contributed by atoms with van der Waals surface area (Å²) in [6.45, 7) is 4.41. The number of rotatable bonds is 3. The molecule has 3 rings (SSSR count). The molecule has 1 saturated heterocycles. The highest BCUT2D eigenvalue weighted by Crippen LogP contribution is 2.41. The molecule has 5 heteroatoms. The topological polar surface area (TPSA) is 39.7 Å². The summed E-state index contributed by atoms with van der Waals surface area (Å²) in [7, 11) is 2.01. The van der Waals surface area contributed by atoms with Gasteiger partial charge in [-0.1, -0.05) is 15.9 Å². The Morgan fingerprint density at radius 1 is 1.19 bits per heavy atom. The minimum atomic E-state index is 0.244. The number of ether oxygens (including phenoxy) is 3. The summed E-state index contributed by atoms with van der Waals surface area (Å²) in [6, 6.07) is 4.38. The van der Waals surface area contributed by atoms with Crippen molar-refractivity contribution in [3.63, 3.8) is 0 Å². The molecule has 1 N–H and O–H groups in total. The van der Waals surface area contributed by atoms with Crippen LogP contribution in [0, 0.1) is 5.92 Å². The van der Waals surface area contributed by atoms with Gasteiger partial charge in [0.2, 0.25) is 0 Å². The van der Waals surface area contributed by atoms with Crippen molar-refractivity contribution in [2.45, 2.75) is 31.9 Å². The molecule has 0 spiro atoms. The molecular formula is C16H22BrNO3. The Morgan fingerprint density at radius 2 is 1.90 bits per heavy atom. The first kappa shape index (κ1) is 15.1. The number of halogens is 1. The minimum Gasteiger partial charge on any atom is -0.490 e. The number of benzene rings is 1. The first-order chi connectivity index (χ1) is 10.2. The molecule has 0 aliphatic carbocycles. The fourth-order valence-electron chi connectivity index (χ4n) is 3.22. The van der Waals surface area contributed by atoms with Crippen molar-refractivity contribution < 1.29 is 14.2 Å². The Kier molecular flexibility index (Phi) is 4.72. The molecule has 21 heavy (non-hydrogen) atoms. The fraction of sp³-hybridized carbons (Fsp3) is 0.625. The fourth-order valence-corrected chi connectivity index (χ4v) is 3.79. The summed E-state index contributed by atoms with van der Waals surface area (Å²) in [5.74, 6) is 2.14. The van der Waals surface area contributed by atoms with Crippen molar-refractivity contribution in [3.05, 3.63) is 22.2 Å². The number of fused-ring (bicyclic) bond motifs is 1. The van der Waals surface area contributed by atoms with Gasteiger partial charge in [0.25, 0.3) is 0 Å². The van der Waals surface area contributed by atoms with Crippen molar-refractivity contribution in [3.8, 4) is 11.5 Å². The molecule has 1 aromatic rings. The van der Waals surface area contributed by atoms with Gasteiger partial charge in [-0.25, -0.2) is 0 Å². The summed E-state index contributed by atoms with van der Waals surface area (Å²) in [5.41, 5.74) is 1.21. The van der Waals surface area contributed by atoms with Crippen molar-refractivity contribution in [1.82, 2.24) is 5.32 Å². The number of nitrogens with one attached hydrogen (secondary N) is 1. The maximum Gasteiger partial charge on any atom is 0.162 e. The average Bonchev–Trinajstić information content (AvgIpc) is 2.76. The predicted molar refractivity (Wildman–Crippen MR) is 85.1 cm³/mol. The molecule has 0 aromatic heterocycles. The molecule has 2 aliphatic rings. The summed E-state index contributed by atoms with van der Waals surface area (Å²) in [5, 5.41) is 3.45. The molecule has 0 radical (unpaired) electrons. The Labute approximate surface area is 134 Å². The van der Waals surface area contributed by atoms with Crippen LogP contribution in [0.1, 0.15) is 31.4 Å². The highest BCUT2D eigenvalue weighted by Gasteiger charge is 2.33. The van der Waals surface area contributed by atoms with E-state index in [2.05, 4.69) is 34.2 Å². The monoisotopic (exact) mass is 355 g/mol. The molecule has 2 aliphatic heterocycles. The van der Waals surface area contributed by atoms with Gasteiger partial charge in [0.05, 0.1) is 19.3 Å². The van der Waals surface area contributed by atoms with Crippen LogP contribution in [0.4, 0.5) is 0 Å². The minimum absolute atomic E-state index is 0.244. The van der Waals surface area contributed by atoms with Crippen LogP contribution < -0.4 is 14.8 Å². The van der Waals surface area contributed by atoms with Crippen LogP contribution in [0.2, 0.25) is 0 Å². The standard InChI is InChI=1S/C16H22BrNO3/c1-10-11(4-7-19-10)16(18-2)12-8-14-15(9-13(12)17)21-6-3-5-20-14/h8-11,16,18H,3-7H2,1-2H3. The maximum atomic E-state index is 5.82. The third kappa shape index (κ3) is 3.05. The molecule has 2 heterocycles. The van der Waals surface area contributed by atoms with E-state index in [1.807, 2.05) is 13.1 Å². The number of hydrogen-bond donors (Lipinski definition) is 1. The first-order valence-electron chi connectivity index (χ1n) is 7.58. The zero-order chi connectivity index (χ0) is 14.8.